The highest BCUT2D eigenvalue weighted by molar-refractivity contribution is 5.99. The number of carbonyl (C=O) groups is 1. The van der Waals surface area contributed by atoms with E-state index in [0.717, 1.165) is 24.8 Å². The minimum Gasteiger partial charge on any atom is -0.357 e. The van der Waals surface area contributed by atoms with Gasteiger partial charge in [-0.1, -0.05) is 26.2 Å². The molecule has 1 N–H and O–H groups in total. The number of hydrogen-bond donors (Lipinski definition) is 1. The van der Waals surface area contributed by atoms with Crippen molar-refractivity contribution in [2.45, 2.75) is 39.0 Å². The summed E-state index contributed by atoms with van der Waals surface area (Å²) in [6.45, 7) is 4.33. The number of nitrogens with zero attached hydrogens (tertiary/aromatic N) is 5. The fourth-order valence-electron chi connectivity index (χ4n) is 3.14. The average Bonchev–Trinajstić information content (AvgIpc) is 3.29. The Balaban J connectivity index is 0.000000174. The Morgan fingerprint density at radius 1 is 1.23 bits per heavy atom. The first-order valence-electron chi connectivity index (χ1n) is 10.5. The maximum atomic E-state index is 11.8. The highest BCUT2D eigenvalue weighted by atomic mass is 19.1. The van der Waals surface area contributed by atoms with Gasteiger partial charge in [0.2, 0.25) is 0 Å². The zero-order valence-electron chi connectivity index (χ0n) is 17.6. The molecule has 5 rings (SSSR count). The van der Waals surface area contributed by atoms with Gasteiger partial charge in [0.15, 0.2) is 5.65 Å². The van der Waals surface area contributed by atoms with E-state index >= 15 is 0 Å². The van der Waals surface area contributed by atoms with Crippen LogP contribution >= 0.6 is 0 Å². The van der Waals surface area contributed by atoms with Crippen LogP contribution in [0.5, 0.6) is 0 Å². The summed E-state index contributed by atoms with van der Waals surface area (Å²) in [6, 6.07) is 4.85. The predicted octanol–water partition coefficient (Wildman–Crippen LogP) is 3.72. The van der Waals surface area contributed by atoms with Gasteiger partial charge in [-0.05, 0) is 37.0 Å². The van der Waals surface area contributed by atoms with Crippen LogP contribution in [0.25, 0.3) is 5.65 Å². The highest BCUT2D eigenvalue weighted by Gasteiger charge is 2.18. The molecule has 1 aliphatic carbocycles. The predicted molar refractivity (Wildman–Crippen MR) is 115 cm³/mol. The summed E-state index contributed by atoms with van der Waals surface area (Å²) in [6.07, 6.45) is 12.9. The lowest BCUT2D eigenvalue weighted by Gasteiger charge is -2.15. The van der Waals surface area contributed by atoms with Crippen LogP contribution in [0.15, 0.2) is 43.0 Å². The van der Waals surface area contributed by atoms with E-state index in [9.17, 15) is 9.18 Å². The molecule has 1 saturated carbocycles. The second-order valence-corrected chi connectivity index (χ2v) is 7.41. The van der Waals surface area contributed by atoms with Crippen molar-refractivity contribution in [3.63, 3.8) is 0 Å². The molecular formula is C22H29FN6O. The monoisotopic (exact) mass is 412 g/mol. The summed E-state index contributed by atoms with van der Waals surface area (Å²) >= 11 is 0. The molecule has 2 fully saturated rings. The Labute approximate surface area is 176 Å². The van der Waals surface area contributed by atoms with Gasteiger partial charge < -0.3 is 10.2 Å². The zero-order chi connectivity index (χ0) is 21.3. The van der Waals surface area contributed by atoms with Gasteiger partial charge in [0.1, 0.15) is 17.2 Å². The van der Waals surface area contributed by atoms with Gasteiger partial charge in [-0.3, -0.25) is 9.78 Å². The molecule has 0 atom stereocenters. The molecule has 160 valence electrons. The van der Waals surface area contributed by atoms with Crippen LogP contribution in [0.3, 0.4) is 0 Å². The Hall–Kier alpha value is -3.03. The van der Waals surface area contributed by atoms with E-state index in [2.05, 4.69) is 32.2 Å². The van der Waals surface area contributed by atoms with Crippen molar-refractivity contribution in [3.05, 3.63) is 54.4 Å². The summed E-state index contributed by atoms with van der Waals surface area (Å²) < 4.78 is 13.5. The quantitative estimate of drug-likeness (QED) is 0.710. The van der Waals surface area contributed by atoms with Crippen molar-refractivity contribution in [1.29, 1.82) is 0 Å². The molecule has 3 aromatic heterocycles. The molecule has 3 aromatic rings. The summed E-state index contributed by atoms with van der Waals surface area (Å²) in [4.78, 5) is 22.0. The van der Waals surface area contributed by atoms with Crippen molar-refractivity contribution in [3.8, 4) is 0 Å². The van der Waals surface area contributed by atoms with Crippen LogP contribution in [0.2, 0.25) is 0 Å². The lowest BCUT2D eigenvalue weighted by molar-refractivity contribution is 0.0964. The lowest BCUT2D eigenvalue weighted by Crippen LogP contribution is -2.20. The number of rotatable bonds is 3. The van der Waals surface area contributed by atoms with Gasteiger partial charge >= 0.3 is 0 Å². The van der Waals surface area contributed by atoms with E-state index in [0.29, 0.717) is 11.2 Å². The number of fused-ring (bicyclic) bond motifs is 1. The third-order valence-corrected chi connectivity index (χ3v) is 5.16. The van der Waals surface area contributed by atoms with Crippen LogP contribution < -0.4 is 10.2 Å². The van der Waals surface area contributed by atoms with Gasteiger partial charge in [-0.2, -0.15) is 5.10 Å². The first kappa shape index (κ1) is 21.7. The molecule has 0 aromatic carbocycles. The van der Waals surface area contributed by atoms with Crippen molar-refractivity contribution in [2.75, 3.05) is 25.0 Å². The van der Waals surface area contributed by atoms with E-state index < -0.39 is 0 Å². The van der Waals surface area contributed by atoms with Gasteiger partial charge in [-0.25, -0.2) is 13.9 Å². The lowest BCUT2D eigenvalue weighted by atomic mass is 10.3. The van der Waals surface area contributed by atoms with E-state index in [1.807, 2.05) is 12.3 Å². The summed E-state index contributed by atoms with van der Waals surface area (Å²) in [5.74, 6) is 1.61. The molecule has 8 heteroatoms. The molecule has 2 aliphatic rings. The van der Waals surface area contributed by atoms with Gasteiger partial charge in [-0.15, -0.1) is 0 Å². The minimum atomic E-state index is -0.289. The zero-order valence-corrected chi connectivity index (χ0v) is 17.6. The van der Waals surface area contributed by atoms with Crippen LogP contribution in [0.4, 0.5) is 10.2 Å². The van der Waals surface area contributed by atoms with Crippen LogP contribution in [0.1, 0.15) is 49.4 Å². The fourth-order valence-corrected chi connectivity index (χ4v) is 3.14. The number of hydrogen-bond acceptors (Lipinski definition) is 5. The van der Waals surface area contributed by atoms with E-state index in [1.165, 1.54) is 50.6 Å². The second-order valence-electron chi connectivity index (χ2n) is 7.41. The maximum absolute atomic E-state index is 11.8. The Morgan fingerprint density at radius 2 is 2.00 bits per heavy atom. The number of nitrogens with one attached hydrogen (secondary N) is 1. The van der Waals surface area contributed by atoms with Gasteiger partial charge in [0.05, 0.1) is 12.4 Å². The average molecular weight is 413 g/mol. The molecule has 0 spiro atoms. The normalized spacial score (nSPS) is 15.1. The van der Waals surface area contributed by atoms with Crippen molar-refractivity contribution < 1.29 is 9.18 Å². The number of carbonyl (C=O) groups excluding carboxylic acids is 1. The Kier molecular flexibility index (Phi) is 7.70. The summed E-state index contributed by atoms with van der Waals surface area (Å²) in [5, 5.41) is 6.73. The maximum Gasteiger partial charge on any atom is 0.256 e. The number of pyridine rings is 1. The third-order valence-electron chi connectivity index (χ3n) is 5.16. The first-order chi connectivity index (χ1) is 14.6. The molecule has 0 unspecified atom stereocenters. The molecule has 1 amide bonds. The number of aromatic nitrogens is 4. The van der Waals surface area contributed by atoms with Crippen molar-refractivity contribution in [1.82, 2.24) is 24.9 Å². The van der Waals surface area contributed by atoms with E-state index in [1.54, 1.807) is 23.8 Å². The molecule has 1 saturated heterocycles. The summed E-state index contributed by atoms with van der Waals surface area (Å²) in [7, 11) is 1.61. The summed E-state index contributed by atoms with van der Waals surface area (Å²) in [5.41, 5.74) is 1.12. The van der Waals surface area contributed by atoms with Crippen molar-refractivity contribution >= 4 is 17.4 Å². The Bertz CT molecular complexity index is 935. The Morgan fingerprint density at radius 3 is 2.50 bits per heavy atom. The van der Waals surface area contributed by atoms with E-state index in [4.69, 9.17) is 0 Å². The highest BCUT2D eigenvalue weighted by Crippen LogP contribution is 2.31. The molecule has 0 bridgehead atoms. The molecule has 0 radical (unpaired) electrons. The number of anilines is 1. The second kappa shape index (κ2) is 10.7. The number of halogens is 1. The number of amides is 1. The van der Waals surface area contributed by atoms with Crippen LogP contribution in [-0.4, -0.2) is 45.6 Å². The SMILES string of the molecule is CCC1CC1.CNC(=O)c1cnn2ccc(N3CCCC3)nc12.Fc1cccnc1. The largest absolute Gasteiger partial charge is 0.357 e. The molecule has 30 heavy (non-hydrogen) atoms. The third kappa shape index (κ3) is 5.98. The van der Waals surface area contributed by atoms with Crippen molar-refractivity contribution in [2.24, 2.45) is 5.92 Å². The first-order valence-corrected chi connectivity index (χ1v) is 10.5. The van der Waals surface area contributed by atoms with Gasteiger partial charge in [0, 0.05) is 32.5 Å². The molecular weight excluding hydrogens is 383 g/mol. The van der Waals surface area contributed by atoms with Crippen LogP contribution in [-0.2, 0) is 0 Å². The van der Waals surface area contributed by atoms with E-state index in [-0.39, 0.29) is 11.7 Å². The standard InChI is InChI=1S/C12H15N5O.C5H4FN.C5H10/c1-13-12(18)9-8-14-17-7-4-10(15-11(9)17)16-5-2-3-6-16;6-5-2-1-3-7-4-5;1-2-5-3-4-5/h4,7-8H,2-3,5-6H2,1H3,(H,13,18);1-4H;5H,2-4H2,1H3. The molecule has 4 heterocycles. The fraction of sp³-hybridized carbons (Fsp3) is 0.455. The minimum absolute atomic E-state index is 0.156. The topological polar surface area (TPSA) is 75.4 Å². The molecule has 1 aliphatic heterocycles. The molecule has 7 nitrogen and oxygen atoms in total. The smallest absolute Gasteiger partial charge is 0.256 e. The van der Waals surface area contributed by atoms with Gasteiger partial charge in [0.25, 0.3) is 5.91 Å². The van der Waals surface area contributed by atoms with Crippen LogP contribution in [0, 0.1) is 11.7 Å².